The molecule has 7 nitrogen and oxygen atoms in total. The molecule has 0 spiro atoms. The van der Waals surface area contributed by atoms with E-state index < -0.39 is 0 Å². The van der Waals surface area contributed by atoms with Gasteiger partial charge in [0.15, 0.2) is 4.77 Å². The monoisotopic (exact) mass is 409 g/mol. The zero-order chi connectivity index (χ0) is 19.4. The lowest BCUT2D eigenvalue weighted by atomic mass is 9.96. The molecule has 0 bridgehead atoms. The van der Waals surface area contributed by atoms with Crippen molar-refractivity contribution in [3.8, 4) is 5.75 Å². The molecule has 1 aliphatic heterocycles. The van der Waals surface area contributed by atoms with E-state index in [1.165, 1.54) is 0 Å². The van der Waals surface area contributed by atoms with Gasteiger partial charge in [0.1, 0.15) is 11.6 Å². The number of rotatable bonds is 6. The molecule has 3 rings (SSSR count). The van der Waals surface area contributed by atoms with Gasteiger partial charge >= 0.3 is 0 Å². The summed E-state index contributed by atoms with van der Waals surface area (Å²) in [6, 6.07) is 5.38. The van der Waals surface area contributed by atoms with E-state index in [-0.39, 0.29) is 5.91 Å². The minimum atomic E-state index is 0.150. The average Bonchev–Trinajstić information content (AvgIpc) is 3.01. The Morgan fingerprint density at radius 1 is 1.44 bits per heavy atom. The smallest absolute Gasteiger partial charge is 0.224 e. The Kier molecular flexibility index (Phi) is 6.38. The standard InChI is InChI=1S/C18H24ClN5O2S/c1-23-17(21-22-18(23)27)12-6-9-24(10-7-12)16(25)5-8-20-14-11-13(19)3-4-15(14)26-2/h3-4,11-12,20H,5-10H2,1-2H3,(H,22,27). The molecule has 1 amide bonds. The number of H-pyrrole nitrogens is 1. The van der Waals surface area contributed by atoms with Crippen LogP contribution in [0.3, 0.4) is 0 Å². The number of nitrogens with zero attached hydrogens (tertiary/aromatic N) is 3. The number of carbonyl (C=O) groups is 1. The summed E-state index contributed by atoms with van der Waals surface area (Å²) in [7, 11) is 3.53. The van der Waals surface area contributed by atoms with Gasteiger partial charge in [0.2, 0.25) is 5.91 Å². The van der Waals surface area contributed by atoms with E-state index in [0.717, 1.165) is 37.4 Å². The number of halogens is 1. The molecule has 27 heavy (non-hydrogen) atoms. The van der Waals surface area contributed by atoms with Crippen LogP contribution >= 0.6 is 23.8 Å². The lowest BCUT2D eigenvalue weighted by molar-refractivity contribution is -0.132. The molecule has 0 saturated carbocycles. The van der Waals surface area contributed by atoms with Gasteiger partial charge in [0.05, 0.1) is 12.8 Å². The van der Waals surface area contributed by atoms with Crippen molar-refractivity contribution in [3.63, 3.8) is 0 Å². The highest BCUT2D eigenvalue weighted by atomic mass is 35.5. The Morgan fingerprint density at radius 2 is 2.19 bits per heavy atom. The summed E-state index contributed by atoms with van der Waals surface area (Å²) in [4.78, 5) is 14.4. The summed E-state index contributed by atoms with van der Waals surface area (Å²) in [5.41, 5.74) is 0.794. The maximum absolute atomic E-state index is 12.5. The first-order valence-corrected chi connectivity index (χ1v) is 9.74. The van der Waals surface area contributed by atoms with Gasteiger partial charge in [-0.05, 0) is 43.3 Å². The zero-order valence-electron chi connectivity index (χ0n) is 15.5. The van der Waals surface area contributed by atoms with Crippen LogP contribution in [0.1, 0.15) is 31.0 Å². The van der Waals surface area contributed by atoms with E-state index in [1.807, 2.05) is 16.5 Å². The van der Waals surface area contributed by atoms with Crippen LogP contribution in [0.15, 0.2) is 18.2 Å². The van der Waals surface area contributed by atoms with E-state index >= 15 is 0 Å². The van der Waals surface area contributed by atoms with Crippen molar-refractivity contribution in [2.75, 3.05) is 32.1 Å². The van der Waals surface area contributed by atoms with E-state index in [4.69, 9.17) is 28.6 Å². The molecule has 1 aromatic heterocycles. The maximum Gasteiger partial charge on any atom is 0.224 e. The lowest BCUT2D eigenvalue weighted by Gasteiger charge is -2.31. The molecular formula is C18H24ClN5O2S. The first-order valence-electron chi connectivity index (χ1n) is 8.96. The van der Waals surface area contributed by atoms with Crippen molar-refractivity contribution >= 4 is 35.4 Å². The quantitative estimate of drug-likeness (QED) is 0.715. The molecule has 0 radical (unpaired) electrons. The summed E-state index contributed by atoms with van der Waals surface area (Å²) < 4.78 is 7.85. The van der Waals surface area contributed by atoms with E-state index in [2.05, 4.69) is 15.5 Å². The van der Waals surface area contributed by atoms with E-state index in [0.29, 0.717) is 34.4 Å². The first-order chi connectivity index (χ1) is 13.0. The van der Waals surface area contributed by atoms with Crippen LogP contribution in [-0.4, -0.2) is 52.3 Å². The molecule has 2 N–H and O–H groups in total. The van der Waals surface area contributed by atoms with Crippen molar-refractivity contribution in [3.05, 3.63) is 33.8 Å². The highest BCUT2D eigenvalue weighted by Gasteiger charge is 2.26. The summed E-state index contributed by atoms with van der Waals surface area (Å²) in [6.45, 7) is 2.01. The molecule has 1 fully saturated rings. The van der Waals surface area contributed by atoms with Crippen molar-refractivity contribution in [2.45, 2.75) is 25.2 Å². The SMILES string of the molecule is COc1ccc(Cl)cc1NCCC(=O)N1CCC(c2n[nH]c(=S)n2C)CC1. The first kappa shape index (κ1) is 19.7. The molecular weight excluding hydrogens is 386 g/mol. The number of aromatic amines is 1. The number of benzene rings is 1. The Morgan fingerprint density at radius 3 is 2.81 bits per heavy atom. The number of methoxy groups -OCH3 is 1. The fourth-order valence-corrected chi connectivity index (χ4v) is 3.70. The number of aromatic nitrogens is 3. The minimum Gasteiger partial charge on any atom is -0.495 e. The highest BCUT2D eigenvalue weighted by molar-refractivity contribution is 7.71. The number of nitrogens with one attached hydrogen (secondary N) is 2. The molecule has 146 valence electrons. The van der Waals surface area contributed by atoms with Crippen LogP contribution in [0.2, 0.25) is 5.02 Å². The summed E-state index contributed by atoms with van der Waals surface area (Å²) in [5, 5.41) is 11.0. The Bertz CT molecular complexity index is 858. The third kappa shape index (κ3) is 4.62. The molecule has 1 aromatic carbocycles. The Labute approximate surface area is 168 Å². The average molecular weight is 410 g/mol. The number of ether oxygens (including phenoxy) is 1. The maximum atomic E-state index is 12.5. The normalized spacial score (nSPS) is 15.0. The van der Waals surface area contributed by atoms with E-state index in [9.17, 15) is 4.79 Å². The molecule has 2 heterocycles. The van der Waals surface area contributed by atoms with Gasteiger partial charge in [-0.25, -0.2) is 0 Å². The van der Waals surface area contributed by atoms with E-state index in [1.54, 1.807) is 25.3 Å². The molecule has 0 aliphatic carbocycles. The third-order valence-corrected chi connectivity index (χ3v) is 5.54. The number of carbonyl (C=O) groups excluding carboxylic acids is 1. The van der Waals surface area contributed by atoms with Gasteiger partial charge in [0, 0.05) is 44.0 Å². The van der Waals surface area contributed by atoms with Crippen molar-refractivity contribution < 1.29 is 9.53 Å². The van der Waals surface area contributed by atoms with Gasteiger partial charge in [-0.15, -0.1) is 0 Å². The summed E-state index contributed by atoms with van der Waals surface area (Å²) in [6.07, 6.45) is 2.22. The number of likely N-dealkylation sites (tertiary alicyclic amines) is 1. The minimum absolute atomic E-state index is 0.150. The van der Waals surface area contributed by atoms with Crippen LogP contribution < -0.4 is 10.1 Å². The van der Waals surface area contributed by atoms with Gasteiger partial charge < -0.3 is 19.5 Å². The van der Waals surface area contributed by atoms with Gasteiger partial charge in [-0.2, -0.15) is 5.10 Å². The van der Waals surface area contributed by atoms with Crippen LogP contribution in [-0.2, 0) is 11.8 Å². The fourth-order valence-electron chi connectivity index (χ4n) is 3.39. The van der Waals surface area contributed by atoms with Crippen LogP contribution in [0.4, 0.5) is 5.69 Å². The van der Waals surface area contributed by atoms with Crippen LogP contribution in [0.25, 0.3) is 0 Å². The summed E-state index contributed by atoms with van der Waals surface area (Å²) >= 11 is 11.2. The Hall–Kier alpha value is -2.06. The second kappa shape index (κ2) is 8.75. The second-order valence-corrected chi connectivity index (χ2v) is 7.45. The number of anilines is 1. The number of hydrogen-bond acceptors (Lipinski definition) is 5. The number of amides is 1. The topological polar surface area (TPSA) is 75.2 Å². The Balaban J connectivity index is 1.48. The molecule has 9 heteroatoms. The predicted octanol–water partition coefficient (Wildman–Crippen LogP) is 3.35. The van der Waals surface area contributed by atoms with Crippen LogP contribution in [0.5, 0.6) is 5.75 Å². The molecule has 0 unspecified atom stereocenters. The lowest BCUT2D eigenvalue weighted by Crippen LogP contribution is -2.39. The second-order valence-electron chi connectivity index (χ2n) is 6.62. The van der Waals surface area contributed by atoms with Crippen molar-refractivity contribution in [2.24, 2.45) is 7.05 Å². The molecule has 1 saturated heterocycles. The van der Waals surface area contributed by atoms with Gasteiger partial charge in [-0.1, -0.05) is 11.6 Å². The summed E-state index contributed by atoms with van der Waals surface area (Å²) in [5.74, 6) is 2.17. The van der Waals surface area contributed by atoms with Gasteiger partial charge in [0.25, 0.3) is 0 Å². The van der Waals surface area contributed by atoms with Crippen LogP contribution in [0, 0.1) is 4.77 Å². The third-order valence-electron chi connectivity index (χ3n) is 4.94. The molecule has 2 aromatic rings. The number of piperidine rings is 1. The highest BCUT2D eigenvalue weighted by Crippen LogP contribution is 2.28. The van der Waals surface area contributed by atoms with Gasteiger partial charge in [-0.3, -0.25) is 9.89 Å². The largest absolute Gasteiger partial charge is 0.495 e. The predicted molar refractivity (Wildman–Crippen MR) is 108 cm³/mol. The fraction of sp³-hybridized carbons (Fsp3) is 0.500. The van der Waals surface area contributed by atoms with Crippen molar-refractivity contribution in [1.82, 2.24) is 19.7 Å². The number of hydrogen-bond donors (Lipinski definition) is 2. The zero-order valence-corrected chi connectivity index (χ0v) is 17.1. The molecule has 0 atom stereocenters. The molecule has 1 aliphatic rings. The van der Waals surface area contributed by atoms with Crippen molar-refractivity contribution in [1.29, 1.82) is 0 Å².